The second-order valence-electron chi connectivity index (χ2n) is 5.68. The number of rotatable bonds is 4. The summed E-state index contributed by atoms with van der Waals surface area (Å²) in [6, 6.07) is 15.0. The summed E-state index contributed by atoms with van der Waals surface area (Å²) in [6.45, 7) is 2.93. The van der Waals surface area contributed by atoms with Crippen LogP contribution in [0.1, 0.15) is 12.7 Å². The van der Waals surface area contributed by atoms with Crippen molar-refractivity contribution in [3.8, 4) is 0 Å². The van der Waals surface area contributed by atoms with E-state index in [0.29, 0.717) is 29.3 Å². The lowest BCUT2D eigenvalue weighted by Gasteiger charge is -2.10. The molecule has 0 spiro atoms. The lowest BCUT2D eigenvalue weighted by Crippen LogP contribution is -2.22. The van der Waals surface area contributed by atoms with Gasteiger partial charge in [-0.15, -0.1) is 10.2 Å². The second kappa shape index (κ2) is 6.22. The fourth-order valence-corrected chi connectivity index (χ4v) is 3.18. The van der Waals surface area contributed by atoms with Crippen LogP contribution in [0.5, 0.6) is 0 Å². The normalized spacial score (nSPS) is 11.3. The van der Waals surface area contributed by atoms with Crippen molar-refractivity contribution in [1.82, 2.24) is 19.2 Å². The summed E-state index contributed by atoms with van der Waals surface area (Å²) in [6.07, 6.45) is 0. The Morgan fingerprint density at radius 1 is 1.12 bits per heavy atom. The molecule has 4 rings (SSSR count). The zero-order chi connectivity index (χ0) is 17.4. The van der Waals surface area contributed by atoms with Gasteiger partial charge in [-0.1, -0.05) is 29.8 Å². The summed E-state index contributed by atoms with van der Waals surface area (Å²) in [7, 11) is 0. The van der Waals surface area contributed by atoms with E-state index in [2.05, 4.69) is 15.5 Å². The summed E-state index contributed by atoms with van der Waals surface area (Å²) in [5.41, 5.74) is 1.66. The van der Waals surface area contributed by atoms with E-state index >= 15 is 0 Å². The Morgan fingerprint density at radius 3 is 2.76 bits per heavy atom. The van der Waals surface area contributed by atoms with E-state index in [0.717, 1.165) is 17.0 Å². The number of aryl methyl sites for hydroxylation is 1. The van der Waals surface area contributed by atoms with Crippen molar-refractivity contribution in [2.24, 2.45) is 0 Å². The first-order valence-corrected chi connectivity index (χ1v) is 8.42. The van der Waals surface area contributed by atoms with Gasteiger partial charge in [0.25, 0.3) is 5.56 Å². The molecule has 0 radical (unpaired) electrons. The van der Waals surface area contributed by atoms with Crippen molar-refractivity contribution in [3.05, 3.63) is 69.7 Å². The number of nitrogens with zero attached hydrogens (tertiary/aromatic N) is 4. The molecule has 0 aliphatic carbocycles. The van der Waals surface area contributed by atoms with E-state index in [1.165, 1.54) is 0 Å². The van der Waals surface area contributed by atoms with E-state index in [9.17, 15) is 4.79 Å². The van der Waals surface area contributed by atoms with Crippen LogP contribution < -0.4 is 10.9 Å². The van der Waals surface area contributed by atoms with Gasteiger partial charge in [0, 0.05) is 17.3 Å². The first-order valence-electron chi connectivity index (χ1n) is 8.04. The van der Waals surface area contributed by atoms with Crippen LogP contribution in [0.3, 0.4) is 0 Å². The Morgan fingerprint density at radius 2 is 1.96 bits per heavy atom. The molecule has 4 aromatic rings. The Kier molecular flexibility index (Phi) is 3.89. The minimum atomic E-state index is -0.0487. The van der Waals surface area contributed by atoms with Gasteiger partial charge >= 0.3 is 0 Å². The van der Waals surface area contributed by atoms with Gasteiger partial charge in [-0.2, -0.15) is 0 Å². The molecule has 25 heavy (non-hydrogen) atoms. The van der Waals surface area contributed by atoms with Gasteiger partial charge in [0.05, 0.1) is 17.4 Å². The first kappa shape index (κ1) is 15.7. The predicted octanol–water partition coefficient (Wildman–Crippen LogP) is 3.33. The second-order valence-corrected chi connectivity index (χ2v) is 6.12. The highest BCUT2D eigenvalue weighted by molar-refractivity contribution is 6.30. The van der Waals surface area contributed by atoms with Crippen LogP contribution in [-0.4, -0.2) is 19.2 Å². The maximum atomic E-state index is 12.7. The molecular weight excluding hydrogens is 338 g/mol. The molecule has 0 bridgehead atoms. The Hall–Kier alpha value is -2.86. The third-order valence-corrected chi connectivity index (χ3v) is 4.40. The van der Waals surface area contributed by atoms with Crippen LogP contribution >= 0.6 is 11.6 Å². The van der Waals surface area contributed by atoms with E-state index in [4.69, 9.17) is 11.6 Å². The van der Waals surface area contributed by atoms with Crippen molar-refractivity contribution in [1.29, 1.82) is 0 Å². The van der Waals surface area contributed by atoms with Crippen molar-refractivity contribution in [3.63, 3.8) is 0 Å². The monoisotopic (exact) mass is 353 g/mol. The van der Waals surface area contributed by atoms with Gasteiger partial charge in [-0.05, 0) is 37.3 Å². The summed E-state index contributed by atoms with van der Waals surface area (Å²) in [5.74, 6) is 1.28. The number of benzene rings is 2. The quantitative estimate of drug-likeness (QED) is 0.611. The van der Waals surface area contributed by atoms with Gasteiger partial charge < -0.3 is 5.32 Å². The van der Waals surface area contributed by atoms with Crippen molar-refractivity contribution in [2.45, 2.75) is 20.0 Å². The largest absolute Gasteiger partial charge is 0.378 e. The molecule has 2 aromatic carbocycles. The number of nitrogens with one attached hydrogen (secondary N) is 1. The molecule has 0 saturated heterocycles. The van der Waals surface area contributed by atoms with Crippen LogP contribution in [0.4, 0.5) is 5.69 Å². The fourth-order valence-electron chi connectivity index (χ4n) is 2.99. The zero-order valence-corrected chi connectivity index (χ0v) is 14.4. The van der Waals surface area contributed by atoms with Crippen LogP contribution in [-0.2, 0) is 13.1 Å². The van der Waals surface area contributed by atoms with Crippen molar-refractivity contribution < 1.29 is 0 Å². The molecule has 0 aliphatic heterocycles. The number of aromatic nitrogens is 4. The summed E-state index contributed by atoms with van der Waals surface area (Å²) >= 11 is 6.02. The minimum absolute atomic E-state index is 0.0487. The third kappa shape index (κ3) is 2.64. The van der Waals surface area contributed by atoms with Gasteiger partial charge in [0.2, 0.25) is 5.78 Å². The highest BCUT2D eigenvalue weighted by Crippen LogP contribution is 2.18. The van der Waals surface area contributed by atoms with E-state index in [1.807, 2.05) is 59.9 Å². The third-order valence-electron chi connectivity index (χ3n) is 4.17. The topological polar surface area (TPSA) is 64.2 Å². The Labute approximate surface area is 148 Å². The molecule has 126 valence electrons. The molecule has 1 N–H and O–H groups in total. The van der Waals surface area contributed by atoms with Crippen LogP contribution in [0.15, 0.2) is 53.3 Å². The summed E-state index contributed by atoms with van der Waals surface area (Å²) < 4.78 is 3.57. The molecular formula is C18H16ClN5O. The van der Waals surface area contributed by atoms with Gasteiger partial charge in [0.1, 0.15) is 0 Å². The average molecular weight is 354 g/mol. The molecule has 6 nitrogen and oxygen atoms in total. The molecule has 0 aliphatic rings. The Balaban J connectivity index is 1.85. The number of hydrogen-bond donors (Lipinski definition) is 1. The molecule has 0 fully saturated rings. The lowest BCUT2D eigenvalue weighted by molar-refractivity contribution is 0.734. The summed E-state index contributed by atoms with van der Waals surface area (Å²) in [4.78, 5) is 12.7. The Bertz CT molecular complexity index is 1130. The molecule has 0 saturated carbocycles. The number of halogens is 1. The summed E-state index contributed by atoms with van der Waals surface area (Å²) in [5, 5.41) is 13.2. The number of hydrogen-bond acceptors (Lipinski definition) is 4. The van der Waals surface area contributed by atoms with Gasteiger partial charge in [0.15, 0.2) is 5.82 Å². The minimum Gasteiger partial charge on any atom is -0.378 e. The average Bonchev–Trinajstić information content (AvgIpc) is 3.04. The van der Waals surface area contributed by atoms with E-state index in [1.54, 1.807) is 4.57 Å². The maximum Gasteiger partial charge on any atom is 0.262 e. The molecule has 2 heterocycles. The highest BCUT2D eigenvalue weighted by Gasteiger charge is 2.15. The maximum absolute atomic E-state index is 12.7. The molecule has 7 heteroatoms. The number of para-hydroxylation sites is 1. The highest BCUT2D eigenvalue weighted by atomic mass is 35.5. The van der Waals surface area contributed by atoms with Crippen molar-refractivity contribution in [2.75, 3.05) is 5.32 Å². The van der Waals surface area contributed by atoms with Crippen LogP contribution in [0, 0.1) is 0 Å². The predicted molar refractivity (Wildman–Crippen MR) is 99.2 cm³/mol. The fraction of sp³-hybridized carbons (Fsp3) is 0.167. The van der Waals surface area contributed by atoms with Gasteiger partial charge in [-0.25, -0.2) is 0 Å². The molecule has 0 amide bonds. The number of fused-ring (bicyclic) bond motifs is 3. The smallest absolute Gasteiger partial charge is 0.262 e. The van der Waals surface area contributed by atoms with Gasteiger partial charge in [-0.3, -0.25) is 13.8 Å². The molecule has 0 unspecified atom stereocenters. The molecule has 2 aromatic heterocycles. The zero-order valence-electron chi connectivity index (χ0n) is 13.6. The van der Waals surface area contributed by atoms with E-state index < -0.39 is 0 Å². The van der Waals surface area contributed by atoms with Crippen molar-refractivity contribution >= 4 is 34.0 Å². The first-order chi connectivity index (χ1) is 12.2. The molecule has 0 atom stereocenters. The van der Waals surface area contributed by atoms with Crippen LogP contribution in [0.2, 0.25) is 5.02 Å². The van der Waals surface area contributed by atoms with E-state index in [-0.39, 0.29) is 5.56 Å². The SMILES string of the molecule is CCn1c(=O)c2ccccc2n2c(CNc3cccc(Cl)c3)nnc12. The lowest BCUT2D eigenvalue weighted by atomic mass is 10.2. The standard InChI is InChI=1S/C18H16ClN5O/c1-2-23-17(25)14-8-3-4-9-15(14)24-16(21-22-18(23)24)11-20-13-7-5-6-12(19)10-13/h3-10,20H,2,11H2,1H3. The van der Waals surface area contributed by atoms with Crippen LogP contribution in [0.25, 0.3) is 16.7 Å². The number of anilines is 1.